The summed E-state index contributed by atoms with van der Waals surface area (Å²) in [6.07, 6.45) is 5.89. The summed E-state index contributed by atoms with van der Waals surface area (Å²) in [5.74, 6) is 0.379. The van der Waals surface area contributed by atoms with Crippen molar-refractivity contribution in [2.24, 2.45) is 0 Å². The van der Waals surface area contributed by atoms with Crippen LogP contribution in [0.5, 0.6) is 5.75 Å². The SMILES string of the molecule is O=C(O)CCOc1ccccc1C1CCC(OC[C@@H]2NCCC[C@@H]2O)CC1. The van der Waals surface area contributed by atoms with Crippen molar-refractivity contribution in [3.63, 3.8) is 0 Å². The molecule has 27 heavy (non-hydrogen) atoms. The Bertz CT molecular complexity index is 600. The highest BCUT2D eigenvalue weighted by Gasteiger charge is 2.27. The van der Waals surface area contributed by atoms with Gasteiger partial charge in [0.05, 0.1) is 37.9 Å². The van der Waals surface area contributed by atoms with Gasteiger partial charge in [0.2, 0.25) is 0 Å². The van der Waals surface area contributed by atoms with Gasteiger partial charge in [-0.25, -0.2) is 0 Å². The van der Waals surface area contributed by atoms with Gasteiger partial charge in [0.25, 0.3) is 0 Å². The number of aliphatic hydroxyl groups is 1. The van der Waals surface area contributed by atoms with Gasteiger partial charge in [-0.05, 0) is 62.6 Å². The molecule has 3 N–H and O–H groups in total. The largest absolute Gasteiger partial charge is 0.493 e. The average molecular weight is 377 g/mol. The van der Waals surface area contributed by atoms with Gasteiger partial charge >= 0.3 is 5.97 Å². The molecular formula is C21H31NO5. The molecule has 1 saturated heterocycles. The highest BCUT2D eigenvalue weighted by molar-refractivity contribution is 5.66. The van der Waals surface area contributed by atoms with Crippen LogP contribution in [0, 0.1) is 0 Å². The quantitative estimate of drug-likeness (QED) is 0.646. The average Bonchev–Trinajstić information content (AvgIpc) is 2.68. The smallest absolute Gasteiger partial charge is 0.306 e. The summed E-state index contributed by atoms with van der Waals surface area (Å²) in [6, 6.07) is 8.01. The molecule has 0 radical (unpaired) electrons. The number of carboxylic acids is 1. The Morgan fingerprint density at radius 3 is 2.67 bits per heavy atom. The zero-order valence-electron chi connectivity index (χ0n) is 15.8. The summed E-state index contributed by atoms with van der Waals surface area (Å²) in [5.41, 5.74) is 1.17. The van der Waals surface area contributed by atoms with Crippen molar-refractivity contribution in [2.75, 3.05) is 19.8 Å². The third-order valence-electron chi connectivity index (χ3n) is 5.67. The number of ether oxygens (including phenoxy) is 2. The summed E-state index contributed by atoms with van der Waals surface area (Å²) >= 11 is 0. The van der Waals surface area contributed by atoms with Crippen LogP contribution in [0.25, 0.3) is 0 Å². The lowest BCUT2D eigenvalue weighted by molar-refractivity contribution is -0.137. The minimum absolute atomic E-state index is 0.00989. The number of aliphatic carboxylic acids is 1. The second-order valence-electron chi connectivity index (χ2n) is 7.61. The molecule has 1 aromatic carbocycles. The fourth-order valence-electron chi connectivity index (χ4n) is 4.08. The maximum absolute atomic E-state index is 10.7. The van der Waals surface area contributed by atoms with E-state index >= 15 is 0 Å². The van der Waals surface area contributed by atoms with Gasteiger partial charge in [-0.3, -0.25) is 4.79 Å². The van der Waals surface area contributed by atoms with Crippen molar-refractivity contribution < 1.29 is 24.5 Å². The van der Waals surface area contributed by atoms with E-state index in [2.05, 4.69) is 11.4 Å². The lowest BCUT2D eigenvalue weighted by Crippen LogP contribution is -2.48. The highest BCUT2D eigenvalue weighted by atomic mass is 16.5. The molecule has 1 saturated carbocycles. The summed E-state index contributed by atoms with van der Waals surface area (Å²) in [4.78, 5) is 10.7. The fraction of sp³-hybridized carbons (Fsp3) is 0.667. The van der Waals surface area contributed by atoms with Crippen LogP contribution >= 0.6 is 0 Å². The highest BCUT2D eigenvalue weighted by Crippen LogP contribution is 2.38. The second-order valence-corrected chi connectivity index (χ2v) is 7.61. The molecule has 0 unspecified atom stereocenters. The molecule has 1 aliphatic carbocycles. The molecule has 1 heterocycles. The van der Waals surface area contributed by atoms with Crippen LogP contribution in [0.15, 0.2) is 24.3 Å². The van der Waals surface area contributed by atoms with Gasteiger partial charge in [-0.1, -0.05) is 18.2 Å². The summed E-state index contributed by atoms with van der Waals surface area (Å²) in [5, 5.41) is 22.2. The van der Waals surface area contributed by atoms with Crippen molar-refractivity contribution in [1.82, 2.24) is 5.32 Å². The number of carbonyl (C=O) groups is 1. The van der Waals surface area contributed by atoms with E-state index in [-0.39, 0.29) is 31.3 Å². The Kier molecular flexibility index (Phi) is 7.50. The zero-order valence-corrected chi connectivity index (χ0v) is 15.8. The van der Waals surface area contributed by atoms with Crippen molar-refractivity contribution in [3.8, 4) is 5.75 Å². The molecule has 0 aromatic heterocycles. The number of piperidine rings is 1. The van der Waals surface area contributed by atoms with E-state index in [0.29, 0.717) is 12.5 Å². The van der Waals surface area contributed by atoms with Gasteiger partial charge in [-0.2, -0.15) is 0 Å². The normalized spacial score (nSPS) is 28.6. The van der Waals surface area contributed by atoms with Crippen molar-refractivity contribution in [3.05, 3.63) is 29.8 Å². The van der Waals surface area contributed by atoms with Crippen LogP contribution in [-0.4, -0.2) is 54.2 Å². The summed E-state index contributed by atoms with van der Waals surface area (Å²) < 4.78 is 11.8. The monoisotopic (exact) mass is 377 g/mol. The third-order valence-corrected chi connectivity index (χ3v) is 5.67. The Morgan fingerprint density at radius 2 is 1.93 bits per heavy atom. The van der Waals surface area contributed by atoms with E-state index < -0.39 is 5.97 Å². The molecule has 2 aliphatic rings. The molecule has 6 nitrogen and oxygen atoms in total. The molecule has 3 rings (SSSR count). The van der Waals surface area contributed by atoms with Crippen LogP contribution in [0.3, 0.4) is 0 Å². The molecule has 150 valence electrons. The number of hydrogen-bond acceptors (Lipinski definition) is 5. The summed E-state index contributed by atoms with van der Waals surface area (Å²) in [6.45, 7) is 1.73. The molecule has 6 heteroatoms. The van der Waals surface area contributed by atoms with Gasteiger partial charge < -0.3 is 25.0 Å². The van der Waals surface area contributed by atoms with Gasteiger partial charge in [-0.15, -0.1) is 0 Å². The standard InChI is InChI=1S/C21H31NO5/c23-19-5-3-12-22-18(19)14-27-16-9-7-15(8-10-16)17-4-1-2-6-20(17)26-13-11-21(24)25/h1-2,4,6,15-16,18-19,22-23H,3,5,7-14H2,(H,24,25)/t15?,16?,18-,19-/m0/s1. The topological polar surface area (TPSA) is 88.0 Å². The number of carboxylic acid groups (broad SMARTS) is 1. The minimum Gasteiger partial charge on any atom is -0.493 e. The lowest BCUT2D eigenvalue weighted by Gasteiger charge is -2.33. The van der Waals surface area contributed by atoms with Crippen molar-refractivity contribution >= 4 is 5.97 Å². The Labute approximate surface area is 160 Å². The van der Waals surface area contributed by atoms with Crippen molar-refractivity contribution in [2.45, 2.75) is 69.1 Å². The van der Waals surface area contributed by atoms with E-state index in [1.54, 1.807) is 0 Å². The number of hydrogen-bond donors (Lipinski definition) is 3. The maximum atomic E-state index is 10.7. The van der Waals surface area contributed by atoms with Crippen LogP contribution in [0.4, 0.5) is 0 Å². The Morgan fingerprint density at radius 1 is 1.15 bits per heavy atom. The number of para-hydroxylation sites is 1. The molecular weight excluding hydrogens is 346 g/mol. The van der Waals surface area contributed by atoms with E-state index in [1.165, 1.54) is 5.56 Å². The van der Waals surface area contributed by atoms with Crippen molar-refractivity contribution in [1.29, 1.82) is 0 Å². The third kappa shape index (κ3) is 5.92. The molecule has 0 bridgehead atoms. The van der Waals surface area contributed by atoms with Crippen LogP contribution in [-0.2, 0) is 9.53 Å². The number of nitrogens with one attached hydrogen (secondary N) is 1. The first kappa shape index (κ1) is 20.1. The van der Waals surface area contributed by atoms with E-state index in [1.807, 2.05) is 18.2 Å². The zero-order chi connectivity index (χ0) is 19.1. The number of aliphatic hydroxyl groups excluding tert-OH is 1. The molecule has 2 atom stereocenters. The molecule has 0 spiro atoms. The maximum Gasteiger partial charge on any atom is 0.306 e. The van der Waals surface area contributed by atoms with Crippen LogP contribution in [0.1, 0.15) is 56.4 Å². The van der Waals surface area contributed by atoms with Gasteiger partial charge in [0.15, 0.2) is 0 Å². The lowest BCUT2D eigenvalue weighted by atomic mass is 9.82. The Hall–Kier alpha value is -1.63. The fourth-order valence-corrected chi connectivity index (χ4v) is 4.08. The van der Waals surface area contributed by atoms with E-state index in [4.69, 9.17) is 14.6 Å². The first-order valence-electron chi connectivity index (χ1n) is 10.1. The minimum atomic E-state index is -0.845. The summed E-state index contributed by atoms with van der Waals surface area (Å²) in [7, 11) is 0. The van der Waals surface area contributed by atoms with Crippen LogP contribution in [0.2, 0.25) is 0 Å². The number of rotatable bonds is 8. The number of benzene rings is 1. The first-order chi connectivity index (χ1) is 13.1. The Balaban J connectivity index is 1.46. The predicted molar refractivity (Wildman–Crippen MR) is 102 cm³/mol. The van der Waals surface area contributed by atoms with Gasteiger partial charge in [0.1, 0.15) is 5.75 Å². The molecule has 1 aliphatic heterocycles. The first-order valence-corrected chi connectivity index (χ1v) is 10.1. The molecule has 0 amide bonds. The van der Waals surface area contributed by atoms with Crippen LogP contribution < -0.4 is 10.1 Å². The van der Waals surface area contributed by atoms with E-state index in [0.717, 1.165) is 50.8 Å². The second kappa shape index (κ2) is 10.1. The molecule has 2 fully saturated rings. The predicted octanol–water partition coefficient (Wildman–Crippen LogP) is 2.70. The van der Waals surface area contributed by atoms with Gasteiger partial charge in [0, 0.05) is 0 Å². The molecule has 1 aromatic rings. The van der Waals surface area contributed by atoms with E-state index in [9.17, 15) is 9.90 Å².